The first-order valence-corrected chi connectivity index (χ1v) is 8.02. The maximum atomic E-state index is 12.3. The molecule has 0 radical (unpaired) electrons. The fourth-order valence-electron chi connectivity index (χ4n) is 1.51. The molecule has 2 aromatic rings. The van der Waals surface area contributed by atoms with E-state index >= 15 is 0 Å². The Labute approximate surface area is 129 Å². The fourth-order valence-corrected chi connectivity index (χ4v) is 3.53. The monoisotopic (exact) mass is 376 g/mol. The van der Waals surface area contributed by atoms with Gasteiger partial charge in [-0.25, -0.2) is 23.1 Å². The van der Waals surface area contributed by atoms with Gasteiger partial charge in [0.1, 0.15) is 5.15 Å². The highest BCUT2D eigenvalue weighted by molar-refractivity contribution is 9.10. The molecule has 1 heterocycles. The zero-order valence-electron chi connectivity index (χ0n) is 10.3. The Morgan fingerprint density at radius 2 is 2.10 bits per heavy atom. The van der Waals surface area contributed by atoms with Gasteiger partial charge < -0.3 is 5.73 Å². The summed E-state index contributed by atoms with van der Waals surface area (Å²) in [6.07, 6.45) is 1.36. The van der Waals surface area contributed by atoms with Gasteiger partial charge in [-0.1, -0.05) is 27.5 Å². The van der Waals surface area contributed by atoms with Gasteiger partial charge in [0.05, 0.1) is 4.90 Å². The number of nitrogen functional groups attached to an aromatic ring is 1. The summed E-state index contributed by atoms with van der Waals surface area (Å²) in [6, 6.07) is 4.53. The Hall–Kier alpha value is -1.38. The molecule has 0 unspecified atom stereocenters. The van der Waals surface area contributed by atoms with Gasteiger partial charge in [-0.05, 0) is 30.7 Å². The molecule has 0 atom stereocenters. The van der Waals surface area contributed by atoms with E-state index in [9.17, 15) is 8.42 Å². The molecular formula is C11H10BrClN4O2S. The Bertz CT molecular complexity index is 767. The molecule has 0 aliphatic heterocycles. The first-order valence-electron chi connectivity index (χ1n) is 5.36. The molecule has 1 aromatic heterocycles. The summed E-state index contributed by atoms with van der Waals surface area (Å²) in [6.45, 7) is 1.62. The first kappa shape index (κ1) is 15.0. The minimum Gasteiger partial charge on any atom is -0.398 e. The summed E-state index contributed by atoms with van der Waals surface area (Å²) in [4.78, 5) is 7.62. The molecule has 0 saturated carbocycles. The van der Waals surface area contributed by atoms with Crippen LogP contribution in [-0.2, 0) is 10.0 Å². The van der Waals surface area contributed by atoms with Crippen LogP contribution in [0, 0.1) is 6.92 Å². The van der Waals surface area contributed by atoms with E-state index in [1.54, 1.807) is 13.0 Å². The normalized spacial score (nSPS) is 11.3. The number of halogens is 2. The van der Waals surface area contributed by atoms with Crippen molar-refractivity contribution in [2.24, 2.45) is 0 Å². The number of benzene rings is 1. The van der Waals surface area contributed by atoms with Crippen molar-refractivity contribution in [2.45, 2.75) is 11.8 Å². The van der Waals surface area contributed by atoms with Crippen LogP contribution < -0.4 is 10.5 Å². The van der Waals surface area contributed by atoms with Crippen molar-refractivity contribution in [1.29, 1.82) is 0 Å². The molecule has 2 rings (SSSR count). The van der Waals surface area contributed by atoms with Gasteiger partial charge in [0, 0.05) is 16.4 Å². The van der Waals surface area contributed by atoms with Crippen molar-refractivity contribution < 1.29 is 8.42 Å². The SMILES string of the molecule is Cc1c(N)cc(Br)cc1S(=O)(=O)Nc1nccc(Cl)n1. The van der Waals surface area contributed by atoms with Crippen LogP contribution in [0.15, 0.2) is 33.8 Å². The summed E-state index contributed by atoms with van der Waals surface area (Å²) in [5, 5.41) is 0.142. The Morgan fingerprint density at radius 3 is 2.75 bits per heavy atom. The molecule has 3 N–H and O–H groups in total. The van der Waals surface area contributed by atoms with Crippen molar-refractivity contribution in [2.75, 3.05) is 10.5 Å². The Morgan fingerprint density at radius 1 is 1.40 bits per heavy atom. The smallest absolute Gasteiger partial charge is 0.264 e. The quantitative estimate of drug-likeness (QED) is 0.633. The molecule has 106 valence electrons. The Kier molecular flexibility index (Phi) is 4.17. The summed E-state index contributed by atoms with van der Waals surface area (Å²) < 4.78 is 27.5. The van der Waals surface area contributed by atoms with Crippen LogP contribution in [0.4, 0.5) is 11.6 Å². The molecule has 20 heavy (non-hydrogen) atoms. The summed E-state index contributed by atoms with van der Waals surface area (Å²) in [7, 11) is -3.85. The second-order valence-corrected chi connectivity index (χ2v) is 6.88. The summed E-state index contributed by atoms with van der Waals surface area (Å²) >= 11 is 8.90. The molecule has 0 saturated heterocycles. The van der Waals surface area contributed by atoms with Crippen LogP contribution in [0.2, 0.25) is 5.15 Å². The second-order valence-electron chi connectivity index (χ2n) is 3.93. The van der Waals surface area contributed by atoms with Gasteiger partial charge in [-0.15, -0.1) is 0 Å². The molecule has 0 spiro atoms. The van der Waals surface area contributed by atoms with E-state index in [1.165, 1.54) is 18.3 Å². The molecule has 9 heteroatoms. The Balaban J connectivity index is 2.46. The van der Waals surface area contributed by atoms with Crippen molar-refractivity contribution in [3.63, 3.8) is 0 Å². The van der Waals surface area contributed by atoms with Gasteiger partial charge in [0.2, 0.25) is 5.95 Å². The highest BCUT2D eigenvalue weighted by Gasteiger charge is 2.20. The lowest BCUT2D eigenvalue weighted by molar-refractivity contribution is 0.600. The van der Waals surface area contributed by atoms with Crippen molar-refractivity contribution in [3.05, 3.63) is 39.6 Å². The predicted molar refractivity (Wildman–Crippen MR) is 81.1 cm³/mol. The third-order valence-corrected chi connectivity index (χ3v) is 4.62. The summed E-state index contributed by atoms with van der Waals surface area (Å²) in [5.41, 5.74) is 6.58. The number of sulfonamides is 1. The highest BCUT2D eigenvalue weighted by Crippen LogP contribution is 2.27. The molecule has 0 bridgehead atoms. The lowest BCUT2D eigenvalue weighted by atomic mass is 10.2. The van der Waals surface area contributed by atoms with Gasteiger partial charge >= 0.3 is 0 Å². The van der Waals surface area contributed by atoms with Crippen LogP contribution in [0.5, 0.6) is 0 Å². The third-order valence-electron chi connectivity index (χ3n) is 2.50. The minimum atomic E-state index is -3.85. The zero-order chi connectivity index (χ0) is 14.9. The van der Waals surface area contributed by atoms with Gasteiger partial charge in [0.25, 0.3) is 10.0 Å². The van der Waals surface area contributed by atoms with Gasteiger partial charge in [-0.2, -0.15) is 0 Å². The largest absolute Gasteiger partial charge is 0.398 e. The van der Waals surface area contributed by atoms with Crippen LogP contribution >= 0.6 is 27.5 Å². The average Bonchev–Trinajstić information content (AvgIpc) is 2.33. The lowest BCUT2D eigenvalue weighted by Crippen LogP contribution is -2.16. The number of anilines is 2. The number of hydrogen-bond acceptors (Lipinski definition) is 5. The van der Waals surface area contributed by atoms with Crippen molar-refractivity contribution >= 4 is 49.2 Å². The predicted octanol–water partition coefficient (Wildman–Crippen LogP) is 2.58. The van der Waals surface area contributed by atoms with E-state index in [1.807, 2.05) is 0 Å². The van der Waals surface area contributed by atoms with Crippen LogP contribution in [-0.4, -0.2) is 18.4 Å². The molecule has 0 amide bonds. The maximum Gasteiger partial charge on any atom is 0.264 e. The highest BCUT2D eigenvalue weighted by atomic mass is 79.9. The second kappa shape index (κ2) is 5.55. The van der Waals surface area contributed by atoms with E-state index < -0.39 is 10.0 Å². The number of nitrogens with zero attached hydrogens (tertiary/aromatic N) is 2. The van der Waals surface area contributed by atoms with Crippen molar-refractivity contribution in [1.82, 2.24) is 9.97 Å². The number of nitrogens with one attached hydrogen (secondary N) is 1. The third kappa shape index (κ3) is 3.20. The van der Waals surface area contributed by atoms with E-state index in [-0.39, 0.29) is 16.0 Å². The van der Waals surface area contributed by atoms with Crippen molar-refractivity contribution in [3.8, 4) is 0 Å². The molecular weight excluding hydrogens is 368 g/mol. The van der Waals surface area contributed by atoms with E-state index in [0.717, 1.165) is 0 Å². The average molecular weight is 378 g/mol. The maximum absolute atomic E-state index is 12.3. The van der Waals surface area contributed by atoms with Gasteiger partial charge in [-0.3, -0.25) is 0 Å². The van der Waals surface area contributed by atoms with E-state index in [0.29, 0.717) is 15.7 Å². The topological polar surface area (TPSA) is 98.0 Å². The van der Waals surface area contributed by atoms with Gasteiger partial charge in [0.15, 0.2) is 0 Å². The molecule has 6 nitrogen and oxygen atoms in total. The van der Waals surface area contributed by atoms with Crippen LogP contribution in [0.25, 0.3) is 0 Å². The number of aromatic nitrogens is 2. The van der Waals surface area contributed by atoms with Crippen LogP contribution in [0.3, 0.4) is 0 Å². The molecule has 0 aliphatic carbocycles. The number of nitrogens with two attached hydrogens (primary N) is 1. The molecule has 0 fully saturated rings. The summed E-state index contributed by atoms with van der Waals surface area (Å²) in [5.74, 6) is -0.101. The van der Waals surface area contributed by atoms with E-state index in [2.05, 4.69) is 30.6 Å². The zero-order valence-corrected chi connectivity index (χ0v) is 13.4. The minimum absolute atomic E-state index is 0.0490. The number of hydrogen-bond donors (Lipinski definition) is 2. The molecule has 0 aliphatic rings. The fraction of sp³-hybridized carbons (Fsp3) is 0.0909. The lowest BCUT2D eigenvalue weighted by Gasteiger charge is -2.11. The molecule has 1 aromatic carbocycles. The van der Waals surface area contributed by atoms with Crippen LogP contribution in [0.1, 0.15) is 5.56 Å². The number of rotatable bonds is 3. The standard InChI is InChI=1S/C11H10BrClN4O2S/c1-6-8(14)4-7(12)5-9(6)20(18,19)17-11-15-3-2-10(13)16-11/h2-5H,14H2,1H3,(H,15,16,17). The van der Waals surface area contributed by atoms with E-state index in [4.69, 9.17) is 17.3 Å². The first-order chi connectivity index (χ1) is 9.29.